The summed E-state index contributed by atoms with van der Waals surface area (Å²) in [5, 5.41) is 2.76. The van der Waals surface area contributed by atoms with Crippen LogP contribution in [-0.2, 0) is 11.2 Å². The monoisotopic (exact) mass is 210 g/mol. The summed E-state index contributed by atoms with van der Waals surface area (Å²) in [6.45, 7) is 5.80. The van der Waals surface area contributed by atoms with Gasteiger partial charge in [0.2, 0.25) is 5.91 Å². The Labute approximate surface area is 89.8 Å². The fourth-order valence-corrected chi connectivity index (χ4v) is 1.15. The fraction of sp³-hybridized carbons (Fsp3) is 0.545. The third-order valence-electron chi connectivity index (χ3n) is 2.04. The van der Waals surface area contributed by atoms with Crippen LogP contribution in [0.3, 0.4) is 0 Å². The summed E-state index contributed by atoms with van der Waals surface area (Å²) in [6.07, 6.45) is 0.690. The SMILES string of the molecule is Cc1ccc(CCNC(=O)C(C)(C)N)o1. The summed E-state index contributed by atoms with van der Waals surface area (Å²) in [5.41, 5.74) is 4.81. The van der Waals surface area contributed by atoms with Crippen LogP contribution in [0.15, 0.2) is 16.5 Å². The molecule has 4 nitrogen and oxygen atoms in total. The molecule has 0 bridgehead atoms. The predicted molar refractivity (Wildman–Crippen MR) is 58.4 cm³/mol. The summed E-state index contributed by atoms with van der Waals surface area (Å²) in [4.78, 5) is 11.4. The van der Waals surface area contributed by atoms with Gasteiger partial charge in [-0.1, -0.05) is 0 Å². The van der Waals surface area contributed by atoms with Gasteiger partial charge in [-0.15, -0.1) is 0 Å². The van der Waals surface area contributed by atoms with E-state index >= 15 is 0 Å². The molecule has 0 fully saturated rings. The minimum Gasteiger partial charge on any atom is -0.466 e. The van der Waals surface area contributed by atoms with Crippen molar-refractivity contribution in [2.24, 2.45) is 5.73 Å². The molecule has 1 rings (SSSR count). The second-order valence-electron chi connectivity index (χ2n) is 4.24. The summed E-state index contributed by atoms with van der Waals surface area (Å²) >= 11 is 0. The highest BCUT2D eigenvalue weighted by Crippen LogP contribution is 2.06. The average molecular weight is 210 g/mol. The molecule has 0 aliphatic rings. The minimum atomic E-state index is -0.820. The second-order valence-corrected chi connectivity index (χ2v) is 4.24. The van der Waals surface area contributed by atoms with Gasteiger partial charge in [-0.3, -0.25) is 4.79 Å². The number of hydrogen-bond acceptors (Lipinski definition) is 3. The standard InChI is InChI=1S/C11H18N2O2/c1-8-4-5-9(15-8)6-7-13-10(14)11(2,3)12/h4-5H,6-7,12H2,1-3H3,(H,13,14). The van der Waals surface area contributed by atoms with Gasteiger partial charge >= 0.3 is 0 Å². The highest BCUT2D eigenvalue weighted by atomic mass is 16.3. The van der Waals surface area contributed by atoms with Crippen molar-refractivity contribution in [2.75, 3.05) is 6.54 Å². The molecule has 1 heterocycles. The molecule has 1 aromatic heterocycles. The molecule has 1 aromatic rings. The third kappa shape index (κ3) is 3.75. The van der Waals surface area contributed by atoms with Gasteiger partial charge in [0.1, 0.15) is 11.5 Å². The van der Waals surface area contributed by atoms with Crippen LogP contribution < -0.4 is 11.1 Å². The van der Waals surface area contributed by atoms with E-state index < -0.39 is 5.54 Å². The number of rotatable bonds is 4. The highest BCUT2D eigenvalue weighted by Gasteiger charge is 2.20. The first-order valence-electron chi connectivity index (χ1n) is 5.02. The lowest BCUT2D eigenvalue weighted by atomic mass is 10.1. The number of aryl methyl sites for hydroxylation is 1. The van der Waals surface area contributed by atoms with Gasteiger partial charge < -0.3 is 15.5 Å². The van der Waals surface area contributed by atoms with E-state index in [-0.39, 0.29) is 5.91 Å². The first-order chi connectivity index (χ1) is 6.89. The molecule has 0 unspecified atom stereocenters. The summed E-state index contributed by atoms with van der Waals surface area (Å²) in [6, 6.07) is 3.82. The Bertz CT molecular complexity index is 337. The van der Waals surface area contributed by atoms with E-state index in [0.29, 0.717) is 13.0 Å². The molecule has 0 aromatic carbocycles. The smallest absolute Gasteiger partial charge is 0.239 e. The Morgan fingerprint density at radius 2 is 2.20 bits per heavy atom. The van der Waals surface area contributed by atoms with Crippen molar-refractivity contribution in [3.63, 3.8) is 0 Å². The maximum atomic E-state index is 11.4. The van der Waals surface area contributed by atoms with Gasteiger partial charge in [-0.05, 0) is 32.9 Å². The molecule has 3 N–H and O–H groups in total. The number of hydrogen-bond donors (Lipinski definition) is 2. The van der Waals surface area contributed by atoms with Crippen LogP contribution in [0.4, 0.5) is 0 Å². The molecular weight excluding hydrogens is 192 g/mol. The molecular formula is C11H18N2O2. The lowest BCUT2D eigenvalue weighted by Gasteiger charge is -2.17. The van der Waals surface area contributed by atoms with E-state index in [1.807, 2.05) is 19.1 Å². The van der Waals surface area contributed by atoms with Gasteiger partial charge in [0.05, 0.1) is 5.54 Å². The quantitative estimate of drug-likeness (QED) is 0.778. The predicted octanol–water partition coefficient (Wildman–Crippen LogP) is 0.984. The first-order valence-corrected chi connectivity index (χ1v) is 5.02. The van der Waals surface area contributed by atoms with Crippen LogP contribution in [0, 0.1) is 6.92 Å². The maximum Gasteiger partial charge on any atom is 0.239 e. The number of nitrogens with one attached hydrogen (secondary N) is 1. The molecule has 0 aliphatic carbocycles. The van der Waals surface area contributed by atoms with E-state index in [1.165, 1.54) is 0 Å². The number of nitrogens with two attached hydrogens (primary N) is 1. The van der Waals surface area contributed by atoms with Crippen LogP contribution >= 0.6 is 0 Å². The van der Waals surface area contributed by atoms with Crippen molar-refractivity contribution >= 4 is 5.91 Å². The van der Waals surface area contributed by atoms with E-state index in [9.17, 15) is 4.79 Å². The molecule has 15 heavy (non-hydrogen) atoms. The Morgan fingerprint density at radius 1 is 1.53 bits per heavy atom. The Balaban J connectivity index is 2.31. The third-order valence-corrected chi connectivity index (χ3v) is 2.04. The van der Waals surface area contributed by atoms with Gasteiger partial charge in [-0.2, -0.15) is 0 Å². The van der Waals surface area contributed by atoms with Gasteiger partial charge in [0, 0.05) is 13.0 Å². The molecule has 0 radical (unpaired) electrons. The van der Waals surface area contributed by atoms with E-state index in [2.05, 4.69) is 5.32 Å². The number of amides is 1. The van der Waals surface area contributed by atoms with Crippen LogP contribution in [-0.4, -0.2) is 18.0 Å². The fourth-order valence-electron chi connectivity index (χ4n) is 1.15. The van der Waals surface area contributed by atoms with Crippen molar-refractivity contribution in [2.45, 2.75) is 32.7 Å². The highest BCUT2D eigenvalue weighted by molar-refractivity contribution is 5.84. The Morgan fingerprint density at radius 3 is 2.67 bits per heavy atom. The molecule has 0 spiro atoms. The topological polar surface area (TPSA) is 68.3 Å². The number of furan rings is 1. The molecule has 4 heteroatoms. The first kappa shape index (κ1) is 11.8. The largest absolute Gasteiger partial charge is 0.466 e. The Kier molecular flexibility index (Phi) is 3.52. The molecule has 0 atom stereocenters. The van der Waals surface area contributed by atoms with Crippen molar-refractivity contribution in [1.29, 1.82) is 0 Å². The van der Waals surface area contributed by atoms with Gasteiger partial charge in [-0.25, -0.2) is 0 Å². The maximum absolute atomic E-state index is 11.4. The van der Waals surface area contributed by atoms with Gasteiger partial charge in [0.15, 0.2) is 0 Å². The zero-order valence-corrected chi connectivity index (χ0v) is 9.46. The molecule has 0 saturated heterocycles. The van der Waals surface area contributed by atoms with E-state index in [1.54, 1.807) is 13.8 Å². The number of carbonyl (C=O) groups excluding carboxylic acids is 1. The minimum absolute atomic E-state index is 0.147. The van der Waals surface area contributed by atoms with Gasteiger partial charge in [0.25, 0.3) is 0 Å². The zero-order chi connectivity index (χ0) is 11.5. The van der Waals surface area contributed by atoms with Crippen LogP contribution in [0.5, 0.6) is 0 Å². The molecule has 1 amide bonds. The second kappa shape index (κ2) is 4.49. The number of carbonyl (C=O) groups is 1. The van der Waals surface area contributed by atoms with Crippen molar-refractivity contribution < 1.29 is 9.21 Å². The van der Waals surface area contributed by atoms with E-state index in [0.717, 1.165) is 11.5 Å². The van der Waals surface area contributed by atoms with E-state index in [4.69, 9.17) is 10.2 Å². The van der Waals surface area contributed by atoms with Crippen molar-refractivity contribution in [3.05, 3.63) is 23.7 Å². The summed E-state index contributed by atoms with van der Waals surface area (Å²) in [5.74, 6) is 1.61. The normalized spacial score (nSPS) is 11.5. The molecule has 0 saturated carbocycles. The van der Waals surface area contributed by atoms with Crippen LogP contribution in [0.25, 0.3) is 0 Å². The van der Waals surface area contributed by atoms with Crippen LogP contribution in [0.2, 0.25) is 0 Å². The molecule has 84 valence electrons. The Hall–Kier alpha value is -1.29. The lowest BCUT2D eigenvalue weighted by molar-refractivity contribution is -0.125. The molecule has 0 aliphatic heterocycles. The van der Waals surface area contributed by atoms with Crippen molar-refractivity contribution in [1.82, 2.24) is 5.32 Å². The van der Waals surface area contributed by atoms with Crippen LogP contribution in [0.1, 0.15) is 25.4 Å². The zero-order valence-electron chi connectivity index (χ0n) is 9.46. The summed E-state index contributed by atoms with van der Waals surface area (Å²) < 4.78 is 5.37. The average Bonchev–Trinajstić information content (AvgIpc) is 2.49. The summed E-state index contributed by atoms with van der Waals surface area (Å²) in [7, 11) is 0. The van der Waals surface area contributed by atoms with Crippen molar-refractivity contribution in [3.8, 4) is 0 Å². The lowest BCUT2D eigenvalue weighted by Crippen LogP contribution is -2.49.